The number of halogens is 1. The SMILES string of the molecule is CCCCc1nn(C)c(CBr)c1Cc1ccc(-c2ccccc2C#N)cc1. The van der Waals surface area contributed by atoms with Gasteiger partial charge in [0.1, 0.15) is 0 Å². The van der Waals surface area contributed by atoms with E-state index in [4.69, 9.17) is 5.10 Å². The number of hydrogen-bond donors (Lipinski definition) is 0. The first-order valence-electron chi connectivity index (χ1n) is 9.36. The van der Waals surface area contributed by atoms with Gasteiger partial charge < -0.3 is 0 Å². The summed E-state index contributed by atoms with van der Waals surface area (Å²) >= 11 is 3.62. The molecule has 0 unspecified atom stereocenters. The molecule has 0 saturated carbocycles. The molecule has 0 radical (unpaired) electrons. The minimum atomic E-state index is 0.709. The van der Waals surface area contributed by atoms with E-state index in [1.165, 1.54) is 28.9 Å². The minimum Gasteiger partial charge on any atom is -0.271 e. The van der Waals surface area contributed by atoms with Crippen LogP contribution in [0.3, 0.4) is 0 Å². The predicted molar refractivity (Wildman–Crippen MR) is 114 cm³/mol. The van der Waals surface area contributed by atoms with Gasteiger partial charge >= 0.3 is 0 Å². The average molecular weight is 422 g/mol. The molecule has 1 heterocycles. The van der Waals surface area contributed by atoms with Crippen molar-refractivity contribution in [2.45, 2.75) is 37.9 Å². The number of unbranched alkanes of at least 4 members (excludes halogenated alkanes) is 1. The van der Waals surface area contributed by atoms with Crippen molar-refractivity contribution in [3.63, 3.8) is 0 Å². The second kappa shape index (κ2) is 9.01. The summed E-state index contributed by atoms with van der Waals surface area (Å²) in [7, 11) is 2.03. The van der Waals surface area contributed by atoms with Crippen LogP contribution in [-0.2, 0) is 25.2 Å². The Morgan fingerprint density at radius 1 is 1.11 bits per heavy atom. The van der Waals surface area contributed by atoms with Gasteiger partial charge in [-0.05, 0) is 35.6 Å². The maximum absolute atomic E-state index is 9.33. The molecule has 2 aromatic carbocycles. The van der Waals surface area contributed by atoms with Crippen molar-refractivity contribution < 1.29 is 0 Å². The zero-order valence-corrected chi connectivity index (χ0v) is 17.5. The number of hydrogen-bond acceptors (Lipinski definition) is 2. The fraction of sp³-hybridized carbons (Fsp3) is 0.304. The van der Waals surface area contributed by atoms with E-state index >= 15 is 0 Å². The zero-order valence-electron chi connectivity index (χ0n) is 15.9. The summed E-state index contributed by atoms with van der Waals surface area (Å²) in [6.07, 6.45) is 4.25. The topological polar surface area (TPSA) is 41.6 Å². The third-order valence-electron chi connectivity index (χ3n) is 4.95. The molecular weight excluding hydrogens is 398 g/mol. The number of aryl methyl sites for hydroxylation is 2. The molecule has 0 saturated heterocycles. The Morgan fingerprint density at radius 3 is 2.52 bits per heavy atom. The molecule has 0 fully saturated rings. The fourth-order valence-electron chi connectivity index (χ4n) is 3.42. The summed E-state index contributed by atoms with van der Waals surface area (Å²) in [6, 6.07) is 18.6. The Morgan fingerprint density at radius 2 is 1.85 bits per heavy atom. The molecule has 0 N–H and O–H groups in total. The molecule has 0 aliphatic carbocycles. The third-order valence-corrected chi connectivity index (χ3v) is 5.48. The third kappa shape index (κ3) is 4.31. The summed E-state index contributed by atoms with van der Waals surface area (Å²) < 4.78 is 2.01. The van der Waals surface area contributed by atoms with Crippen molar-refractivity contribution in [3.05, 3.63) is 76.6 Å². The summed E-state index contributed by atoms with van der Waals surface area (Å²) in [5.41, 5.74) is 7.84. The van der Waals surface area contributed by atoms with Gasteiger partial charge in [-0.3, -0.25) is 4.68 Å². The van der Waals surface area contributed by atoms with Crippen molar-refractivity contribution in [2.24, 2.45) is 7.05 Å². The quantitative estimate of drug-likeness (QED) is 0.453. The van der Waals surface area contributed by atoms with Gasteiger partial charge in [-0.15, -0.1) is 0 Å². The summed E-state index contributed by atoms with van der Waals surface area (Å²) in [4.78, 5) is 0. The number of nitrogens with zero attached hydrogens (tertiary/aromatic N) is 3. The van der Waals surface area contributed by atoms with Crippen LogP contribution in [0.2, 0.25) is 0 Å². The molecule has 3 rings (SSSR count). The van der Waals surface area contributed by atoms with Crippen LogP contribution in [0.15, 0.2) is 48.5 Å². The lowest BCUT2D eigenvalue weighted by Gasteiger charge is -2.08. The smallest absolute Gasteiger partial charge is 0.0998 e. The highest BCUT2D eigenvalue weighted by Gasteiger charge is 2.15. The second-order valence-electron chi connectivity index (χ2n) is 6.76. The molecule has 0 bridgehead atoms. The van der Waals surface area contributed by atoms with Gasteiger partial charge in [0, 0.05) is 24.4 Å². The second-order valence-corrected chi connectivity index (χ2v) is 7.32. The van der Waals surface area contributed by atoms with Gasteiger partial charge in [-0.25, -0.2) is 0 Å². The lowest BCUT2D eigenvalue weighted by atomic mass is 9.96. The molecule has 0 atom stereocenters. The highest BCUT2D eigenvalue weighted by atomic mass is 79.9. The first-order chi connectivity index (χ1) is 13.2. The Hall–Kier alpha value is -2.38. The first kappa shape index (κ1) is 19.4. The van der Waals surface area contributed by atoms with Crippen LogP contribution in [0, 0.1) is 11.3 Å². The van der Waals surface area contributed by atoms with E-state index in [0.29, 0.717) is 5.56 Å². The van der Waals surface area contributed by atoms with Crippen LogP contribution in [0.5, 0.6) is 0 Å². The summed E-state index contributed by atoms with van der Waals surface area (Å²) in [5, 5.41) is 14.9. The van der Waals surface area contributed by atoms with Crippen molar-refractivity contribution in [1.29, 1.82) is 5.26 Å². The van der Waals surface area contributed by atoms with Crippen molar-refractivity contribution in [1.82, 2.24) is 9.78 Å². The molecule has 0 amide bonds. The van der Waals surface area contributed by atoms with Crippen molar-refractivity contribution >= 4 is 15.9 Å². The normalized spacial score (nSPS) is 10.7. The first-order valence-corrected chi connectivity index (χ1v) is 10.5. The average Bonchev–Trinajstić information content (AvgIpc) is 3.01. The van der Waals surface area contributed by atoms with Crippen LogP contribution in [-0.4, -0.2) is 9.78 Å². The van der Waals surface area contributed by atoms with Gasteiger partial charge in [-0.2, -0.15) is 10.4 Å². The van der Waals surface area contributed by atoms with Crippen LogP contribution in [0.25, 0.3) is 11.1 Å². The number of alkyl halides is 1. The van der Waals surface area contributed by atoms with E-state index in [0.717, 1.165) is 35.7 Å². The maximum atomic E-state index is 9.33. The molecule has 0 aliphatic heterocycles. The van der Waals surface area contributed by atoms with E-state index in [1.54, 1.807) is 0 Å². The highest BCUT2D eigenvalue weighted by molar-refractivity contribution is 9.08. The van der Waals surface area contributed by atoms with Gasteiger partial charge in [0.15, 0.2) is 0 Å². The molecule has 138 valence electrons. The molecule has 3 nitrogen and oxygen atoms in total. The van der Waals surface area contributed by atoms with Crippen LogP contribution < -0.4 is 0 Å². The van der Waals surface area contributed by atoms with Gasteiger partial charge in [0.2, 0.25) is 0 Å². The summed E-state index contributed by atoms with van der Waals surface area (Å²) in [5.74, 6) is 0. The lowest BCUT2D eigenvalue weighted by Crippen LogP contribution is -1.98. The van der Waals surface area contributed by atoms with E-state index in [2.05, 4.69) is 53.2 Å². The number of aromatic nitrogens is 2. The van der Waals surface area contributed by atoms with E-state index in [9.17, 15) is 5.26 Å². The standard InChI is InChI=1S/C23H24BrN3/c1-3-4-9-22-21(23(15-24)27(2)26-22)14-17-10-12-18(13-11-17)20-8-6-5-7-19(20)16-25/h5-8,10-13H,3-4,9,14-15H2,1-2H3. The number of rotatable bonds is 7. The molecule has 3 aromatic rings. The lowest BCUT2D eigenvalue weighted by molar-refractivity contribution is 0.698. The number of nitriles is 1. The predicted octanol–water partition coefficient (Wildman–Crippen LogP) is 5.79. The fourth-order valence-corrected chi connectivity index (χ4v) is 4.12. The van der Waals surface area contributed by atoms with E-state index in [-0.39, 0.29) is 0 Å². The van der Waals surface area contributed by atoms with Crippen LogP contribution in [0.1, 0.15) is 47.8 Å². The van der Waals surface area contributed by atoms with Crippen LogP contribution >= 0.6 is 15.9 Å². The Bertz CT molecular complexity index is 949. The molecular formula is C23H24BrN3. The molecule has 0 aliphatic rings. The molecule has 1 aromatic heterocycles. The van der Waals surface area contributed by atoms with Gasteiger partial charge in [0.25, 0.3) is 0 Å². The maximum Gasteiger partial charge on any atom is 0.0998 e. The highest BCUT2D eigenvalue weighted by Crippen LogP contribution is 2.26. The van der Waals surface area contributed by atoms with Crippen molar-refractivity contribution in [2.75, 3.05) is 0 Å². The van der Waals surface area contributed by atoms with Crippen LogP contribution in [0.4, 0.5) is 0 Å². The Balaban J connectivity index is 1.88. The minimum absolute atomic E-state index is 0.709. The Labute approximate surface area is 169 Å². The van der Waals surface area contributed by atoms with Gasteiger partial charge in [0.05, 0.1) is 23.0 Å². The molecule has 4 heteroatoms. The van der Waals surface area contributed by atoms with Gasteiger partial charge in [-0.1, -0.05) is 71.7 Å². The Kier molecular flexibility index (Phi) is 6.47. The largest absolute Gasteiger partial charge is 0.271 e. The molecule has 0 spiro atoms. The van der Waals surface area contributed by atoms with E-state index in [1.807, 2.05) is 36.0 Å². The van der Waals surface area contributed by atoms with Crippen molar-refractivity contribution in [3.8, 4) is 17.2 Å². The monoisotopic (exact) mass is 421 g/mol. The summed E-state index contributed by atoms with van der Waals surface area (Å²) in [6.45, 7) is 2.21. The zero-order chi connectivity index (χ0) is 19.2. The molecule has 27 heavy (non-hydrogen) atoms. The van der Waals surface area contributed by atoms with E-state index < -0.39 is 0 Å². The number of benzene rings is 2.